The molecule has 0 saturated carbocycles. The minimum absolute atomic E-state index is 0.0700. The average molecular weight is 413 g/mol. The molecule has 0 aliphatic rings. The maximum absolute atomic E-state index is 12.7. The fourth-order valence-corrected chi connectivity index (χ4v) is 3.43. The molecule has 0 unspecified atom stereocenters. The van der Waals surface area contributed by atoms with Gasteiger partial charge in [0.15, 0.2) is 5.11 Å². The SMILES string of the molecule is CC[C@@H](C)c1ccc(O)c(NC(=S)NC(=O)c2cccc3c(Cl)cccc23)c1. The molecule has 144 valence electrons. The lowest BCUT2D eigenvalue weighted by Gasteiger charge is -2.15. The molecule has 0 bridgehead atoms. The van der Waals surface area contributed by atoms with Crippen molar-refractivity contribution in [2.75, 3.05) is 5.32 Å². The van der Waals surface area contributed by atoms with E-state index in [1.165, 1.54) is 0 Å². The summed E-state index contributed by atoms with van der Waals surface area (Å²) in [7, 11) is 0. The van der Waals surface area contributed by atoms with Crippen molar-refractivity contribution in [1.82, 2.24) is 5.32 Å². The van der Waals surface area contributed by atoms with E-state index in [9.17, 15) is 9.90 Å². The van der Waals surface area contributed by atoms with Crippen LogP contribution in [0.15, 0.2) is 54.6 Å². The maximum atomic E-state index is 12.7. The highest BCUT2D eigenvalue weighted by molar-refractivity contribution is 7.80. The summed E-state index contributed by atoms with van der Waals surface area (Å²) in [4.78, 5) is 12.7. The molecule has 1 atom stereocenters. The highest BCUT2D eigenvalue weighted by atomic mass is 35.5. The van der Waals surface area contributed by atoms with Crippen LogP contribution in [0.25, 0.3) is 10.8 Å². The molecule has 28 heavy (non-hydrogen) atoms. The number of hydrogen-bond acceptors (Lipinski definition) is 3. The van der Waals surface area contributed by atoms with Gasteiger partial charge in [0, 0.05) is 16.0 Å². The van der Waals surface area contributed by atoms with Crippen molar-refractivity contribution in [3.05, 3.63) is 70.7 Å². The second-order valence-electron chi connectivity index (χ2n) is 6.63. The Hall–Kier alpha value is -2.63. The number of hydrogen-bond donors (Lipinski definition) is 3. The van der Waals surface area contributed by atoms with Crippen molar-refractivity contribution in [2.24, 2.45) is 0 Å². The quantitative estimate of drug-likeness (QED) is 0.372. The van der Waals surface area contributed by atoms with Gasteiger partial charge in [-0.2, -0.15) is 0 Å². The van der Waals surface area contributed by atoms with Crippen LogP contribution in [0.2, 0.25) is 5.02 Å². The van der Waals surface area contributed by atoms with Crippen LogP contribution in [0.4, 0.5) is 5.69 Å². The van der Waals surface area contributed by atoms with E-state index in [4.69, 9.17) is 23.8 Å². The first-order valence-electron chi connectivity index (χ1n) is 9.03. The lowest BCUT2D eigenvalue weighted by atomic mass is 9.98. The van der Waals surface area contributed by atoms with Gasteiger partial charge in [-0.15, -0.1) is 0 Å². The second-order valence-corrected chi connectivity index (χ2v) is 7.45. The van der Waals surface area contributed by atoms with Gasteiger partial charge in [-0.1, -0.05) is 55.8 Å². The molecule has 0 saturated heterocycles. The van der Waals surface area contributed by atoms with E-state index in [1.54, 1.807) is 30.3 Å². The Labute approximate surface area is 174 Å². The molecule has 3 rings (SSSR count). The summed E-state index contributed by atoms with van der Waals surface area (Å²) >= 11 is 11.5. The van der Waals surface area contributed by atoms with Gasteiger partial charge >= 0.3 is 0 Å². The first-order chi connectivity index (χ1) is 13.4. The van der Waals surface area contributed by atoms with Crippen LogP contribution >= 0.6 is 23.8 Å². The third-order valence-corrected chi connectivity index (χ3v) is 5.32. The lowest BCUT2D eigenvalue weighted by molar-refractivity contribution is 0.0979. The van der Waals surface area contributed by atoms with Gasteiger partial charge in [0.2, 0.25) is 0 Å². The molecule has 3 aromatic carbocycles. The normalized spacial score (nSPS) is 11.8. The average Bonchev–Trinajstić information content (AvgIpc) is 2.69. The number of fused-ring (bicyclic) bond motifs is 1. The van der Waals surface area contributed by atoms with Crippen molar-refractivity contribution in [3.63, 3.8) is 0 Å². The van der Waals surface area contributed by atoms with Gasteiger partial charge in [-0.3, -0.25) is 10.1 Å². The Morgan fingerprint density at radius 3 is 2.61 bits per heavy atom. The molecule has 0 spiro atoms. The van der Waals surface area contributed by atoms with E-state index in [2.05, 4.69) is 24.5 Å². The van der Waals surface area contributed by atoms with Gasteiger partial charge < -0.3 is 10.4 Å². The molecular formula is C22H21ClN2O2S. The van der Waals surface area contributed by atoms with E-state index >= 15 is 0 Å². The predicted octanol–water partition coefficient (Wildman–Crippen LogP) is 5.84. The molecule has 0 radical (unpaired) electrons. The number of phenols is 1. The largest absolute Gasteiger partial charge is 0.506 e. The van der Waals surface area contributed by atoms with Crippen molar-refractivity contribution in [2.45, 2.75) is 26.2 Å². The molecule has 3 aromatic rings. The fourth-order valence-electron chi connectivity index (χ4n) is 2.99. The molecule has 3 N–H and O–H groups in total. The van der Waals surface area contributed by atoms with Crippen LogP contribution in [-0.4, -0.2) is 16.1 Å². The monoisotopic (exact) mass is 412 g/mol. The number of rotatable bonds is 4. The number of carbonyl (C=O) groups is 1. The van der Waals surface area contributed by atoms with Gasteiger partial charge in [0.1, 0.15) is 5.75 Å². The highest BCUT2D eigenvalue weighted by Crippen LogP contribution is 2.29. The molecule has 6 heteroatoms. The Morgan fingerprint density at radius 2 is 1.86 bits per heavy atom. The van der Waals surface area contributed by atoms with Gasteiger partial charge in [0.25, 0.3) is 5.91 Å². The van der Waals surface area contributed by atoms with E-state index in [0.29, 0.717) is 22.2 Å². The zero-order valence-corrected chi connectivity index (χ0v) is 17.2. The smallest absolute Gasteiger partial charge is 0.258 e. The van der Waals surface area contributed by atoms with Crippen molar-refractivity contribution in [3.8, 4) is 5.75 Å². The minimum atomic E-state index is -0.345. The number of aromatic hydroxyl groups is 1. The van der Waals surface area contributed by atoms with Crippen molar-refractivity contribution < 1.29 is 9.90 Å². The highest BCUT2D eigenvalue weighted by Gasteiger charge is 2.14. The lowest BCUT2D eigenvalue weighted by Crippen LogP contribution is -2.34. The molecule has 4 nitrogen and oxygen atoms in total. The molecule has 0 aromatic heterocycles. The van der Waals surface area contributed by atoms with E-state index in [0.717, 1.165) is 22.8 Å². The number of anilines is 1. The summed E-state index contributed by atoms with van der Waals surface area (Å²) in [5, 5.41) is 17.9. The number of phenolic OH excluding ortho intramolecular Hbond substituents is 1. The van der Waals surface area contributed by atoms with Crippen molar-refractivity contribution >= 4 is 51.3 Å². The predicted molar refractivity (Wildman–Crippen MR) is 119 cm³/mol. The number of amides is 1. The van der Waals surface area contributed by atoms with Crippen LogP contribution in [-0.2, 0) is 0 Å². The summed E-state index contributed by atoms with van der Waals surface area (Å²) in [6.45, 7) is 4.22. The summed E-state index contributed by atoms with van der Waals surface area (Å²) < 4.78 is 0. The zero-order valence-electron chi connectivity index (χ0n) is 15.6. The summed E-state index contributed by atoms with van der Waals surface area (Å²) in [5.41, 5.74) is 2.02. The Balaban J connectivity index is 1.79. The fraction of sp³-hybridized carbons (Fsp3) is 0.182. The van der Waals surface area contributed by atoms with Gasteiger partial charge in [0.05, 0.1) is 5.69 Å². The van der Waals surface area contributed by atoms with E-state index in [-0.39, 0.29) is 16.8 Å². The molecule has 1 amide bonds. The van der Waals surface area contributed by atoms with Gasteiger partial charge in [-0.25, -0.2) is 0 Å². The summed E-state index contributed by atoms with van der Waals surface area (Å²) in [6.07, 6.45) is 0.981. The minimum Gasteiger partial charge on any atom is -0.506 e. The third kappa shape index (κ3) is 4.26. The van der Waals surface area contributed by atoms with Crippen LogP contribution in [0.5, 0.6) is 5.75 Å². The Kier molecular flexibility index (Phi) is 6.17. The molecular weight excluding hydrogens is 392 g/mol. The van der Waals surface area contributed by atoms with E-state index in [1.807, 2.05) is 24.3 Å². The second kappa shape index (κ2) is 8.59. The summed E-state index contributed by atoms with van der Waals surface area (Å²) in [5.74, 6) is 0.0771. The Morgan fingerprint density at radius 1 is 1.14 bits per heavy atom. The van der Waals surface area contributed by atoms with Crippen molar-refractivity contribution in [1.29, 1.82) is 0 Å². The number of nitrogens with one attached hydrogen (secondary N) is 2. The molecule has 0 heterocycles. The first-order valence-corrected chi connectivity index (χ1v) is 9.81. The number of carbonyl (C=O) groups excluding carboxylic acids is 1. The Bertz CT molecular complexity index is 1050. The summed E-state index contributed by atoms with van der Waals surface area (Å²) in [6, 6.07) is 16.1. The van der Waals surface area contributed by atoms with Gasteiger partial charge in [-0.05, 0) is 59.8 Å². The first kappa shape index (κ1) is 20.1. The number of thiocarbonyl (C=S) groups is 1. The number of halogens is 1. The maximum Gasteiger partial charge on any atom is 0.258 e. The topological polar surface area (TPSA) is 61.4 Å². The number of benzene rings is 3. The molecule has 0 aliphatic heterocycles. The molecule has 0 fully saturated rings. The zero-order chi connectivity index (χ0) is 20.3. The van der Waals surface area contributed by atoms with Crippen LogP contribution in [0.1, 0.15) is 42.1 Å². The standard InChI is InChI=1S/C22H21ClN2O2S/c1-3-13(2)14-10-11-20(26)19(12-14)24-22(28)25-21(27)17-8-4-7-16-15(17)6-5-9-18(16)23/h4-13,26H,3H2,1-2H3,(H2,24,25,27,28)/t13-/m1/s1. The van der Waals surface area contributed by atoms with Crippen LogP contribution in [0.3, 0.4) is 0 Å². The van der Waals surface area contributed by atoms with Crippen LogP contribution in [0, 0.1) is 0 Å². The van der Waals surface area contributed by atoms with Crippen LogP contribution < -0.4 is 10.6 Å². The third-order valence-electron chi connectivity index (χ3n) is 4.79. The molecule has 0 aliphatic carbocycles. The van der Waals surface area contributed by atoms with E-state index < -0.39 is 0 Å².